The highest BCUT2D eigenvalue weighted by molar-refractivity contribution is 5.78. The van der Waals surface area contributed by atoms with Crippen LogP contribution in [0.2, 0.25) is 0 Å². The third kappa shape index (κ3) is 2.07. The van der Waals surface area contributed by atoms with Crippen molar-refractivity contribution in [3.8, 4) is 6.07 Å². The molecule has 23 heavy (non-hydrogen) atoms. The van der Waals surface area contributed by atoms with Gasteiger partial charge in [-0.2, -0.15) is 10.4 Å². The lowest BCUT2D eigenvalue weighted by Crippen LogP contribution is -2.23. The Bertz CT molecular complexity index is 1080. The number of hydrogen-bond acceptors (Lipinski definition) is 4. The quantitative estimate of drug-likeness (QED) is 0.730. The molecule has 1 aliphatic rings. The Morgan fingerprint density at radius 1 is 1.35 bits per heavy atom. The Kier molecular flexibility index (Phi) is 2.91. The van der Waals surface area contributed by atoms with Crippen molar-refractivity contribution in [2.75, 3.05) is 0 Å². The molecule has 0 fully saturated rings. The predicted molar refractivity (Wildman–Crippen MR) is 83.3 cm³/mol. The van der Waals surface area contributed by atoms with E-state index in [1.54, 1.807) is 22.9 Å². The van der Waals surface area contributed by atoms with Crippen LogP contribution in [0.25, 0.3) is 10.9 Å². The molecule has 7 nitrogen and oxygen atoms in total. The van der Waals surface area contributed by atoms with Gasteiger partial charge in [0.1, 0.15) is 11.6 Å². The first kappa shape index (κ1) is 13.5. The van der Waals surface area contributed by atoms with Crippen molar-refractivity contribution >= 4 is 10.9 Å². The summed E-state index contributed by atoms with van der Waals surface area (Å²) in [4.78, 5) is 26.8. The fourth-order valence-corrected chi connectivity index (χ4v) is 3.13. The molecule has 7 heteroatoms. The molecule has 3 aromatic rings. The van der Waals surface area contributed by atoms with Crippen molar-refractivity contribution in [3.05, 3.63) is 61.6 Å². The van der Waals surface area contributed by atoms with Crippen molar-refractivity contribution in [2.45, 2.75) is 25.8 Å². The second kappa shape index (κ2) is 4.95. The van der Waals surface area contributed by atoms with Gasteiger partial charge in [0.2, 0.25) is 0 Å². The van der Waals surface area contributed by atoms with E-state index in [1.807, 2.05) is 0 Å². The van der Waals surface area contributed by atoms with Crippen LogP contribution in [0.5, 0.6) is 0 Å². The number of H-pyrrole nitrogens is 2. The van der Waals surface area contributed by atoms with Gasteiger partial charge in [-0.15, -0.1) is 0 Å². The molecule has 0 unspecified atom stereocenters. The van der Waals surface area contributed by atoms with Crippen LogP contribution >= 0.6 is 0 Å². The highest BCUT2D eigenvalue weighted by atomic mass is 16.1. The van der Waals surface area contributed by atoms with Crippen molar-refractivity contribution in [1.29, 1.82) is 5.26 Å². The van der Waals surface area contributed by atoms with Crippen LogP contribution in [-0.2, 0) is 19.4 Å². The summed E-state index contributed by atoms with van der Waals surface area (Å²) in [5.74, 6) is 0. The standard InChI is InChI=1S/C16H13N5O2/c17-7-9-6-11-12(18-15(9)22)4-5-21(16(11)23)8-14-10-2-1-3-13(10)19-20-14/h4-6H,1-3,8H2,(H,18,22)(H,19,20). The zero-order chi connectivity index (χ0) is 16.0. The molecule has 114 valence electrons. The number of aromatic amines is 2. The molecule has 0 radical (unpaired) electrons. The summed E-state index contributed by atoms with van der Waals surface area (Å²) < 4.78 is 1.55. The van der Waals surface area contributed by atoms with Gasteiger partial charge < -0.3 is 9.55 Å². The highest BCUT2D eigenvalue weighted by Gasteiger charge is 2.19. The first-order valence-electron chi connectivity index (χ1n) is 7.39. The van der Waals surface area contributed by atoms with E-state index in [9.17, 15) is 9.59 Å². The third-order valence-corrected chi connectivity index (χ3v) is 4.32. The van der Waals surface area contributed by atoms with Crippen LogP contribution in [0.1, 0.15) is 28.9 Å². The highest BCUT2D eigenvalue weighted by Crippen LogP contribution is 2.23. The fourth-order valence-electron chi connectivity index (χ4n) is 3.13. The zero-order valence-corrected chi connectivity index (χ0v) is 12.2. The van der Waals surface area contributed by atoms with Crippen LogP contribution < -0.4 is 11.1 Å². The second-order valence-corrected chi connectivity index (χ2v) is 5.68. The van der Waals surface area contributed by atoms with Gasteiger partial charge in [0, 0.05) is 11.9 Å². The fraction of sp³-hybridized carbons (Fsp3) is 0.250. The van der Waals surface area contributed by atoms with Crippen LogP contribution in [0.3, 0.4) is 0 Å². The first-order valence-corrected chi connectivity index (χ1v) is 7.39. The summed E-state index contributed by atoms with van der Waals surface area (Å²) in [7, 11) is 0. The average molecular weight is 307 g/mol. The molecule has 0 atom stereocenters. The first-order chi connectivity index (χ1) is 11.2. The number of nitrogens with zero attached hydrogens (tertiary/aromatic N) is 3. The Morgan fingerprint density at radius 3 is 3.04 bits per heavy atom. The van der Waals surface area contributed by atoms with Crippen molar-refractivity contribution < 1.29 is 0 Å². The summed E-state index contributed by atoms with van der Waals surface area (Å²) in [6.45, 7) is 0.377. The number of nitrogens with one attached hydrogen (secondary N) is 2. The van der Waals surface area contributed by atoms with Gasteiger partial charge >= 0.3 is 0 Å². The largest absolute Gasteiger partial charge is 0.321 e. The van der Waals surface area contributed by atoms with Crippen LogP contribution in [0.4, 0.5) is 0 Å². The molecule has 2 N–H and O–H groups in total. The molecule has 0 spiro atoms. The molecule has 0 aliphatic heterocycles. The summed E-state index contributed by atoms with van der Waals surface area (Å²) in [5, 5.41) is 16.6. The molecular formula is C16H13N5O2. The maximum Gasteiger partial charge on any atom is 0.266 e. The Morgan fingerprint density at radius 2 is 2.22 bits per heavy atom. The van der Waals surface area contributed by atoms with E-state index in [1.165, 1.54) is 11.6 Å². The van der Waals surface area contributed by atoms with Gasteiger partial charge in [-0.3, -0.25) is 14.7 Å². The zero-order valence-electron chi connectivity index (χ0n) is 12.2. The van der Waals surface area contributed by atoms with Gasteiger partial charge in [0.05, 0.1) is 23.1 Å². The van der Waals surface area contributed by atoms with Gasteiger partial charge in [-0.05, 0) is 37.0 Å². The summed E-state index contributed by atoms with van der Waals surface area (Å²) in [5.41, 5.74) is 2.88. The predicted octanol–water partition coefficient (Wildman–Crippen LogP) is 0.822. The van der Waals surface area contributed by atoms with Crippen LogP contribution in [0, 0.1) is 11.3 Å². The number of rotatable bonds is 2. The van der Waals surface area contributed by atoms with Crippen molar-refractivity contribution in [1.82, 2.24) is 19.7 Å². The minimum absolute atomic E-state index is 0.0620. The van der Waals surface area contributed by atoms with Gasteiger partial charge in [-0.1, -0.05) is 0 Å². The topological polar surface area (TPSA) is 107 Å². The van der Waals surface area contributed by atoms with Gasteiger partial charge in [-0.25, -0.2) is 0 Å². The smallest absolute Gasteiger partial charge is 0.266 e. The minimum atomic E-state index is -0.484. The number of hydrogen-bond donors (Lipinski definition) is 2. The monoisotopic (exact) mass is 307 g/mol. The average Bonchev–Trinajstić information content (AvgIpc) is 3.14. The van der Waals surface area contributed by atoms with Crippen LogP contribution in [-0.4, -0.2) is 19.7 Å². The Labute approximate surface area is 130 Å². The summed E-state index contributed by atoms with van der Waals surface area (Å²) in [6.07, 6.45) is 4.73. The molecule has 1 aliphatic carbocycles. The normalized spacial score (nSPS) is 13.2. The molecule has 0 bridgehead atoms. The number of nitriles is 1. The van der Waals surface area contributed by atoms with Crippen molar-refractivity contribution in [2.24, 2.45) is 0 Å². The lowest BCUT2D eigenvalue weighted by molar-refractivity contribution is 0.726. The second-order valence-electron chi connectivity index (χ2n) is 5.68. The van der Waals surface area contributed by atoms with E-state index in [-0.39, 0.29) is 11.1 Å². The van der Waals surface area contributed by atoms with E-state index < -0.39 is 5.56 Å². The number of aromatic nitrogens is 4. The van der Waals surface area contributed by atoms with Crippen molar-refractivity contribution in [3.63, 3.8) is 0 Å². The van der Waals surface area contributed by atoms with Gasteiger partial charge in [0.25, 0.3) is 11.1 Å². The number of aryl methyl sites for hydroxylation is 1. The lowest BCUT2D eigenvalue weighted by atomic mass is 10.2. The van der Waals surface area contributed by atoms with E-state index in [2.05, 4.69) is 15.2 Å². The lowest BCUT2D eigenvalue weighted by Gasteiger charge is -2.06. The molecule has 3 heterocycles. The molecular weight excluding hydrogens is 294 g/mol. The van der Waals surface area contributed by atoms with Crippen LogP contribution in [0.15, 0.2) is 27.9 Å². The van der Waals surface area contributed by atoms with Gasteiger partial charge in [0.15, 0.2) is 0 Å². The summed E-state index contributed by atoms with van der Waals surface area (Å²) in [6, 6.07) is 4.83. The van der Waals surface area contributed by atoms with E-state index in [0.717, 1.165) is 30.7 Å². The Balaban J connectivity index is 1.83. The maximum absolute atomic E-state index is 12.6. The minimum Gasteiger partial charge on any atom is -0.321 e. The molecule has 0 saturated heterocycles. The molecule has 3 aromatic heterocycles. The third-order valence-electron chi connectivity index (χ3n) is 4.32. The van der Waals surface area contributed by atoms with E-state index >= 15 is 0 Å². The molecule has 4 rings (SSSR count). The SMILES string of the molecule is N#Cc1cc2c(=O)n(Cc3n[nH]c4c3CCC4)ccc2[nH]c1=O. The van der Waals surface area contributed by atoms with E-state index in [4.69, 9.17) is 5.26 Å². The van der Waals surface area contributed by atoms with E-state index in [0.29, 0.717) is 17.4 Å². The molecule has 0 amide bonds. The summed E-state index contributed by atoms with van der Waals surface area (Å²) >= 11 is 0. The number of pyridine rings is 2. The maximum atomic E-state index is 12.6. The molecule has 0 saturated carbocycles. The number of fused-ring (bicyclic) bond motifs is 2. The Hall–Kier alpha value is -3.14. The molecule has 0 aromatic carbocycles.